The maximum absolute atomic E-state index is 12.8. The van der Waals surface area contributed by atoms with Crippen LogP contribution in [0.1, 0.15) is 11.1 Å². The fourth-order valence-corrected chi connectivity index (χ4v) is 3.71. The fourth-order valence-electron chi connectivity index (χ4n) is 3.71. The minimum absolute atomic E-state index is 0.425. The van der Waals surface area contributed by atoms with E-state index in [1.165, 1.54) is 24.3 Å². The molecule has 3 aromatic carbocycles. The Hall–Kier alpha value is -4.34. The molecule has 0 saturated carbocycles. The van der Waals surface area contributed by atoms with Gasteiger partial charge in [0.05, 0.1) is 22.5 Å². The van der Waals surface area contributed by atoms with E-state index in [0.29, 0.717) is 34.2 Å². The van der Waals surface area contributed by atoms with E-state index in [9.17, 15) is 26.3 Å². The molecule has 2 N–H and O–H groups in total. The van der Waals surface area contributed by atoms with Crippen LogP contribution in [0, 0.1) is 0 Å². The van der Waals surface area contributed by atoms with Gasteiger partial charge in [-0.3, -0.25) is 0 Å². The number of nitrogens with zero attached hydrogens (tertiary/aromatic N) is 2. The summed E-state index contributed by atoms with van der Waals surface area (Å²) in [5.74, 6) is 0.849. The Labute approximate surface area is 200 Å². The molecule has 0 saturated heterocycles. The summed E-state index contributed by atoms with van der Waals surface area (Å²) < 4.78 is 76.9. The van der Waals surface area contributed by atoms with Crippen molar-refractivity contribution in [2.45, 2.75) is 12.4 Å². The van der Waals surface area contributed by atoms with Crippen LogP contribution in [0.25, 0.3) is 45.3 Å². The summed E-state index contributed by atoms with van der Waals surface area (Å²) in [5.41, 5.74) is 2.23. The minimum Gasteiger partial charge on any atom is -0.344 e. The zero-order valence-electron chi connectivity index (χ0n) is 18.2. The van der Waals surface area contributed by atoms with Crippen LogP contribution in [-0.2, 0) is 12.4 Å². The summed E-state index contributed by atoms with van der Waals surface area (Å²) in [4.78, 5) is 15.0. The Morgan fingerprint density at radius 1 is 0.500 bits per heavy atom. The van der Waals surface area contributed by atoms with Crippen LogP contribution in [0.3, 0.4) is 0 Å². The summed E-state index contributed by atoms with van der Waals surface area (Å²) in [6.07, 6.45) is -5.51. The monoisotopic (exact) mass is 498 g/mol. The Bertz CT molecular complexity index is 1380. The van der Waals surface area contributed by atoms with Gasteiger partial charge in [-0.1, -0.05) is 42.5 Å². The van der Waals surface area contributed by atoms with Gasteiger partial charge in [0, 0.05) is 34.6 Å². The highest BCUT2D eigenvalue weighted by molar-refractivity contribution is 5.72. The number of imidazole rings is 2. The van der Waals surface area contributed by atoms with E-state index in [1.54, 1.807) is 12.4 Å². The van der Waals surface area contributed by atoms with E-state index in [-0.39, 0.29) is 0 Å². The lowest BCUT2D eigenvalue weighted by molar-refractivity contribution is -0.138. The van der Waals surface area contributed by atoms with E-state index in [0.717, 1.165) is 35.4 Å². The van der Waals surface area contributed by atoms with Crippen molar-refractivity contribution in [2.75, 3.05) is 0 Å². The zero-order chi connectivity index (χ0) is 25.5. The first-order valence-electron chi connectivity index (χ1n) is 10.6. The lowest BCUT2D eigenvalue weighted by Gasteiger charge is -2.06. The van der Waals surface area contributed by atoms with Crippen LogP contribution in [0.2, 0.25) is 0 Å². The second kappa shape index (κ2) is 8.71. The first-order valence-corrected chi connectivity index (χ1v) is 10.6. The summed E-state index contributed by atoms with van der Waals surface area (Å²) in [6.45, 7) is 0. The quantitative estimate of drug-likeness (QED) is 0.248. The number of aromatic nitrogens is 4. The highest BCUT2D eigenvalue weighted by Crippen LogP contribution is 2.33. The molecule has 0 unspecified atom stereocenters. The van der Waals surface area contributed by atoms with E-state index in [4.69, 9.17) is 0 Å². The molecule has 0 amide bonds. The molecule has 0 aliphatic carbocycles. The predicted molar refractivity (Wildman–Crippen MR) is 122 cm³/mol. The predicted octanol–water partition coefficient (Wildman–Crippen LogP) is 7.84. The van der Waals surface area contributed by atoms with E-state index in [1.807, 2.05) is 24.3 Å². The highest BCUT2D eigenvalue weighted by Gasteiger charge is 2.30. The summed E-state index contributed by atoms with van der Waals surface area (Å²) >= 11 is 0. The third kappa shape index (κ3) is 4.74. The molecule has 182 valence electrons. The molecule has 36 heavy (non-hydrogen) atoms. The first kappa shape index (κ1) is 23.4. The molecule has 0 spiro atoms. The van der Waals surface area contributed by atoms with Crippen LogP contribution in [0.5, 0.6) is 0 Å². The van der Waals surface area contributed by atoms with Gasteiger partial charge < -0.3 is 9.97 Å². The van der Waals surface area contributed by atoms with Crippen molar-refractivity contribution in [3.8, 4) is 45.3 Å². The average molecular weight is 498 g/mol. The zero-order valence-corrected chi connectivity index (χ0v) is 18.2. The standard InChI is InChI=1S/C26H16F6N4/c27-25(28,29)19-8-4-15(5-9-19)23-33-13-21(35-23)17-2-1-3-18(12-17)22-14-34-24(36-22)16-6-10-20(11-7-16)26(30,31)32/h1-14H,(H,33,35)(H,34,36). The van der Waals surface area contributed by atoms with Gasteiger partial charge in [0.2, 0.25) is 0 Å². The molecule has 4 nitrogen and oxygen atoms in total. The van der Waals surface area contributed by atoms with Gasteiger partial charge in [0.1, 0.15) is 11.6 Å². The van der Waals surface area contributed by atoms with E-state index in [2.05, 4.69) is 19.9 Å². The van der Waals surface area contributed by atoms with Crippen molar-refractivity contribution in [2.24, 2.45) is 0 Å². The lowest BCUT2D eigenvalue weighted by Crippen LogP contribution is -2.04. The van der Waals surface area contributed by atoms with Crippen molar-refractivity contribution < 1.29 is 26.3 Å². The first-order chi connectivity index (χ1) is 17.1. The third-order valence-electron chi connectivity index (χ3n) is 5.58. The van der Waals surface area contributed by atoms with Crippen molar-refractivity contribution in [1.82, 2.24) is 19.9 Å². The number of nitrogens with one attached hydrogen (secondary N) is 2. The Morgan fingerprint density at radius 2 is 0.889 bits per heavy atom. The molecule has 0 bridgehead atoms. The van der Waals surface area contributed by atoms with Gasteiger partial charge >= 0.3 is 12.4 Å². The maximum atomic E-state index is 12.8. The largest absolute Gasteiger partial charge is 0.416 e. The van der Waals surface area contributed by atoms with Crippen molar-refractivity contribution in [3.05, 3.63) is 96.3 Å². The Morgan fingerprint density at radius 3 is 1.25 bits per heavy atom. The van der Waals surface area contributed by atoms with Crippen LogP contribution < -0.4 is 0 Å². The molecule has 5 rings (SSSR count). The van der Waals surface area contributed by atoms with Gasteiger partial charge in [-0.25, -0.2) is 9.97 Å². The van der Waals surface area contributed by atoms with Crippen molar-refractivity contribution in [3.63, 3.8) is 0 Å². The third-order valence-corrected chi connectivity index (χ3v) is 5.58. The molecule has 10 heteroatoms. The van der Waals surface area contributed by atoms with E-state index >= 15 is 0 Å². The molecular formula is C26H16F6N4. The number of hydrogen-bond acceptors (Lipinski definition) is 2. The van der Waals surface area contributed by atoms with Gasteiger partial charge in [-0.2, -0.15) is 26.3 Å². The normalized spacial score (nSPS) is 12.2. The number of halogens is 6. The number of alkyl halides is 6. The Kier molecular flexibility index (Phi) is 5.66. The van der Waals surface area contributed by atoms with E-state index < -0.39 is 23.5 Å². The summed E-state index contributed by atoms with van der Waals surface area (Å²) in [6, 6.07) is 16.8. The molecule has 0 aliphatic heterocycles. The number of H-pyrrole nitrogens is 2. The van der Waals surface area contributed by atoms with Crippen LogP contribution in [0.4, 0.5) is 26.3 Å². The van der Waals surface area contributed by atoms with Crippen LogP contribution in [0.15, 0.2) is 85.2 Å². The second-order valence-electron chi connectivity index (χ2n) is 8.00. The van der Waals surface area contributed by atoms with Gasteiger partial charge in [0.25, 0.3) is 0 Å². The number of benzene rings is 3. The molecule has 0 radical (unpaired) electrons. The molecule has 0 atom stereocenters. The van der Waals surface area contributed by atoms with Crippen LogP contribution >= 0.6 is 0 Å². The van der Waals surface area contributed by atoms with Gasteiger partial charge in [0.15, 0.2) is 0 Å². The lowest BCUT2D eigenvalue weighted by atomic mass is 10.1. The van der Waals surface area contributed by atoms with Gasteiger partial charge in [-0.05, 0) is 30.3 Å². The van der Waals surface area contributed by atoms with Crippen molar-refractivity contribution >= 4 is 0 Å². The Balaban J connectivity index is 1.38. The average Bonchev–Trinajstić information content (AvgIpc) is 3.54. The molecular weight excluding hydrogens is 482 g/mol. The summed E-state index contributed by atoms with van der Waals surface area (Å²) in [7, 11) is 0. The number of aromatic amines is 2. The summed E-state index contributed by atoms with van der Waals surface area (Å²) in [5, 5.41) is 0. The smallest absolute Gasteiger partial charge is 0.344 e. The maximum Gasteiger partial charge on any atom is 0.416 e. The fraction of sp³-hybridized carbons (Fsp3) is 0.0769. The van der Waals surface area contributed by atoms with Crippen molar-refractivity contribution in [1.29, 1.82) is 0 Å². The minimum atomic E-state index is -4.41. The molecule has 0 fully saturated rings. The SMILES string of the molecule is FC(F)(F)c1ccc(-c2nc(-c3cccc(-c4c[nH]c(-c5ccc(C(F)(F)F)cc5)n4)c3)c[nH]2)cc1. The second-order valence-corrected chi connectivity index (χ2v) is 8.00. The number of rotatable bonds is 4. The molecule has 5 aromatic rings. The molecule has 0 aliphatic rings. The topological polar surface area (TPSA) is 57.4 Å². The van der Waals surface area contributed by atoms with Gasteiger partial charge in [-0.15, -0.1) is 0 Å². The van der Waals surface area contributed by atoms with Crippen LogP contribution in [-0.4, -0.2) is 19.9 Å². The molecule has 2 heterocycles. The number of hydrogen-bond donors (Lipinski definition) is 2. The highest BCUT2D eigenvalue weighted by atomic mass is 19.4. The molecule has 2 aromatic heterocycles.